The van der Waals surface area contributed by atoms with Crippen molar-refractivity contribution in [1.29, 1.82) is 0 Å². The van der Waals surface area contributed by atoms with Gasteiger partial charge in [0, 0.05) is 18.0 Å². The van der Waals surface area contributed by atoms with Gasteiger partial charge in [-0.25, -0.2) is 0 Å². The van der Waals surface area contributed by atoms with Crippen molar-refractivity contribution in [3.63, 3.8) is 0 Å². The molecule has 0 aromatic carbocycles. The summed E-state index contributed by atoms with van der Waals surface area (Å²) < 4.78 is 2.22. The Morgan fingerprint density at radius 2 is 2.50 bits per heavy atom. The number of rotatable bonds is 0. The minimum atomic E-state index is 1.000. The second kappa shape index (κ2) is 1.24. The zero-order valence-corrected chi connectivity index (χ0v) is 5.41. The van der Waals surface area contributed by atoms with Gasteiger partial charge in [0.25, 0.3) is 0 Å². The Bertz CT molecular complexity index is 362. The lowest BCUT2D eigenvalue weighted by Crippen LogP contribution is -2.14. The molecule has 48 valence electrons. The van der Waals surface area contributed by atoms with Crippen LogP contribution in [0.5, 0.6) is 0 Å². The Labute approximate surface area is 58.5 Å². The number of hydrogen-bond donors (Lipinski definition) is 0. The minimum absolute atomic E-state index is 1.000. The smallest absolute Gasteiger partial charge is 0.0844 e. The van der Waals surface area contributed by atoms with Gasteiger partial charge < -0.3 is 4.57 Å². The highest BCUT2D eigenvalue weighted by Gasteiger charge is 2.22. The molecule has 0 saturated heterocycles. The highest BCUT2D eigenvalue weighted by atomic mass is 15.1. The van der Waals surface area contributed by atoms with Crippen LogP contribution in [0.3, 0.4) is 0 Å². The Morgan fingerprint density at radius 3 is 3.40 bits per heavy atom. The summed E-state index contributed by atoms with van der Waals surface area (Å²) in [5.74, 6) is 0. The standard InChI is InChI=1S/C8H6N2/c1-2-6-4-9-7-5-10(3-1)8(6)7/h1-4H,5H2. The molecule has 2 nitrogen and oxygen atoms in total. The fourth-order valence-electron chi connectivity index (χ4n) is 1.53. The Hall–Kier alpha value is -1.31. The molecule has 0 bridgehead atoms. The molecule has 0 aliphatic carbocycles. The molecule has 3 heterocycles. The lowest BCUT2D eigenvalue weighted by molar-refractivity contribution is 0.708. The van der Waals surface area contributed by atoms with Crippen molar-refractivity contribution in [3.05, 3.63) is 30.2 Å². The van der Waals surface area contributed by atoms with Gasteiger partial charge in [0.15, 0.2) is 0 Å². The highest BCUT2D eigenvalue weighted by Crippen LogP contribution is 2.32. The quantitative estimate of drug-likeness (QED) is 0.449. The van der Waals surface area contributed by atoms with Gasteiger partial charge in [0.2, 0.25) is 0 Å². The van der Waals surface area contributed by atoms with E-state index in [2.05, 4.69) is 27.9 Å². The minimum Gasteiger partial charge on any atom is -0.340 e. The van der Waals surface area contributed by atoms with Crippen LogP contribution in [0.15, 0.2) is 24.5 Å². The number of pyridine rings is 1. The molecule has 0 unspecified atom stereocenters. The normalized spacial score (nSPS) is 13.6. The molecule has 0 spiro atoms. The second-order valence-electron chi connectivity index (χ2n) is 2.64. The van der Waals surface area contributed by atoms with E-state index in [0.717, 1.165) is 6.54 Å². The molecule has 0 amide bonds. The average Bonchev–Trinajstić information content (AvgIpc) is 2.25. The van der Waals surface area contributed by atoms with Gasteiger partial charge in [-0.2, -0.15) is 0 Å². The third-order valence-corrected chi connectivity index (χ3v) is 2.06. The predicted octanol–water partition coefficient (Wildman–Crippen LogP) is 1.35. The zero-order valence-electron chi connectivity index (χ0n) is 5.41. The Balaban J connectivity index is 2.55. The number of hydrogen-bond acceptors (Lipinski definition) is 1. The van der Waals surface area contributed by atoms with Crippen LogP contribution in [-0.4, -0.2) is 9.55 Å². The van der Waals surface area contributed by atoms with E-state index in [4.69, 9.17) is 0 Å². The van der Waals surface area contributed by atoms with Crippen molar-refractivity contribution in [2.45, 2.75) is 6.54 Å². The van der Waals surface area contributed by atoms with Crippen molar-refractivity contribution in [1.82, 2.24) is 9.55 Å². The molecule has 0 atom stereocenters. The van der Waals surface area contributed by atoms with Crippen molar-refractivity contribution in [2.24, 2.45) is 0 Å². The molecule has 0 radical (unpaired) electrons. The number of nitrogens with zero attached hydrogens (tertiary/aromatic N) is 2. The monoisotopic (exact) mass is 130 g/mol. The summed E-state index contributed by atoms with van der Waals surface area (Å²) in [5.41, 5.74) is 3.84. The summed E-state index contributed by atoms with van der Waals surface area (Å²) in [4.78, 5) is 4.25. The molecule has 3 rings (SSSR count). The summed E-state index contributed by atoms with van der Waals surface area (Å²) in [6.45, 7) is 1.000. The van der Waals surface area contributed by atoms with Gasteiger partial charge in [-0.05, 0) is 12.1 Å². The maximum atomic E-state index is 4.25. The maximum Gasteiger partial charge on any atom is 0.0844 e. The van der Waals surface area contributed by atoms with Gasteiger partial charge in [-0.15, -0.1) is 0 Å². The topological polar surface area (TPSA) is 17.8 Å². The summed E-state index contributed by atoms with van der Waals surface area (Å²) in [6.07, 6.45) is 4.03. The van der Waals surface area contributed by atoms with Crippen LogP contribution in [0.2, 0.25) is 0 Å². The maximum absolute atomic E-state index is 4.25. The van der Waals surface area contributed by atoms with E-state index in [1.807, 2.05) is 6.20 Å². The van der Waals surface area contributed by atoms with Crippen molar-refractivity contribution < 1.29 is 0 Å². The van der Waals surface area contributed by atoms with Crippen molar-refractivity contribution >= 4 is 0 Å². The summed E-state index contributed by atoms with van der Waals surface area (Å²) in [6, 6.07) is 4.16. The molecule has 0 saturated carbocycles. The van der Waals surface area contributed by atoms with Crippen molar-refractivity contribution in [2.75, 3.05) is 0 Å². The van der Waals surface area contributed by atoms with Crippen LogP contribution in [-0.2, 0) is 6.54 Å². The van der Waals surface area contributed by atoms with Crippen LogP contribution >= 0.6 is 0 Å². The van der Waals surface area contributed by atoms with E-state index >= 15 is 0 Å². The fourth-order valence-corrected chi connectivity index (χ4v) is 1.53. The van der Waals surface area contributed by atoms with E-state index in [9.17, 15) is 0 Å². The molecule has 3 aliphatic rings. The van der Waals surface area contributed by atoms with Crippen LogP contribution in [0.4, 0.5) is 0 Å². The van der Waals surface area contributed by atoms with Gasteiger partial charge in [0.1, 0.15) is 0 Å². The first-order valence-electron chi connectivity index (χ1n) is 3.38. The first-order valence-corrected chi connectivity index (χ1v) is 3.38. The van der Waals surface area contributed by atoms with E-state index in [1.165, 1.54) is 17.0 Å². The van der Waals surface area contributed by atoms with E-state index < -0.39 is 0 Å². The van der Waals surface area contributed by atoms with Crippen LogP contribution in [0, 0.1) is 0 Å². The van der Waals surface area contributed by atoms with Gasteiger partial charge >= 0.3 is 0 Å². The first kappa shape index (κ1) is 4.50. The second-order valence-corrected chi connectivity index (χ2v) is 2.64. The predicted molar refractivity (Wildman–Crippen MR) is 38.0 cm³/mol. The van der Waals surface area contributed by atoms with E-state index in [1.54, 1.807) is 0 Å². The molecule has 0 aromatic heterocycles. The summed E-state index contributed by atoms with van der Waals surface area (Å²) in [7, 11) is 0. The lowest BCUT2D eigenvalue weighted by Gasteiger charge is -2.20. The molecular formula is C8H6N2. The van der Waals surface area contributed by atoms with E-state index in [0.29, 0.717) is 0 Å². The molecule has 2 heteroatoms. The molecule has 10 heavy (non-hydrogen) atoms. The van der Waals surface area contributed by atoms with Crippen LogP contribution in [0.25, 0.3) is 11.3 Å². The largest absolute Gasteiger partial charge is 0.340 e. The molecule has 0 aromatic rings. The van der Waals surface area contributed by atoms with E-state index in [-0.39, 0.29) is 0 Å². The molecular weight excluding hydrogens is 124 g/mol. The first-order chi connectivity index (χ1) is 4.95. The Morgan fingerprint density at radius 1 is 1.50 bits per heavy atom. The van der Waals surface area contributed by atoms with Gasteiger partial charge in [-0.3, -0.25) is 4.98 Å². The van der Waals surface area contributed by atoms with Gasteiger partial charge in [0.05, 0.1) is 17.9 Å². The van der Waals surface area contributed by atoms with Gasteiger partial charge in [-0.1, -0.05) is 0 Å². The zero-order chi connectivity index (χ0) is 6.55. The summed E-state index contributed by atoms with van der Waals surface area (Å²) in [5, 5.41) is 0. The average molecular weight is 130 g/mol. The third-order valence-electron chi connectivity index (χ3n) is 2.06. The summed E-state index contributed by atoms with van der Waals surface area (Å²) >= 11 is 0. The van der Waals surface area contributed by atoms with Crippen LogP contribution < -0.4 is 0 Å². The third kappa shape index (κ3) is 0.328. The number of aromatic nitrogens is 2. The molecule has 0 N–H and O–H groups in total. The van der Waals surface area contributed by atoms with Crippen molar-refractivity contribution in [3.8, 4) is 11.3 Å². The van der Waals surface area contributed by atoms with Crippen LogP contribution in [0.1, 0.15) is 5.69 Å². The Kier molecular flexibility index (Phi) is 0.556. The lowest BCUT2D eigenvalue weighted by atomic mass is 10.1. The highest BCUT2D eigenvalue weighted by molar-refractivity contribution is 5.67. The molecule has 0 fully saturated rings. The molecule has 3 aliphatic heterocycles. The fraction of sp³-hybridized carbons (Fsp3) is 0.125. The SMILES string of the molecule is c1cc2cnc3c-2n(c1)C3.